The number of ether oxygens (including phenoxy) is 1. The van der Waals surface area contributed by atoms with Gasteiger partial charge >= 0.3 is 5.97 Å². The van der Waals surface area contributed by atoms with E-state index in [0.717, 1.165) is 29.3 Å². The summed E-state index contributed by atoms with van der Waals surface area (Å²) in [6, 6.07) is 9.89. The van der Waals surface area contributed by atoms with Gasteiger partial charge in [-0.2, -0.15) is 0 Å². The first-order valence-electron chi connectivity index (χ1n) is 7.51. The number of carbonyl (C=O) groups excluding carboxylic acids is 2. The summed E-state index contributed by atoms with van der Waals surface area (Å²) in [7, 11) is 0. The minimum absolute atomic E-state index is 0.0716. The summed E-state index contributed by atoms with van der Waals surface area (Å²) in [6.45, 7) is 3.99. The molecule has 0 radical (unpaired) electrons. The van der Waals surface area contributed by atoms with Crippen molar-refractivity contribution in [1.82, 2.24) is 4.98 Å². The van der Waals surface area contributed by atoms with Gasteiger partial charge < -0.3 is 9.72 Å². The second-order valence-corrected chi connectivity index (χ2v) is 5.26. The highest BCUT2D eigenvalue weighted by Gasteiger charge is 2.17. The summed E-state index contributed by atoms with van der Waals surface area (Å²) >= 11 is 0. The zero-order chi connectivity index (χ0) is 15.9. The first-order chi connectivity index (χ1) is 10.7. The number of rotatable bonds is 7. The molecule has 1 aromatic heterocycles. The van der Waals surface area contributed by atoms with Crippen LogP contribution in [0.2, 0.25) is 0 Å². The Morgan fingerprint density at radius 3 is 2.77 bits per heavy atom. The number of aromatic nitrogens is 1. The van der Waals surface area contributed by atoms with Crippen LogP contribution in [0.3, 0.4) is 0 Å². The van der Waals surface area contributed by atoms with Crippen molar-refractivity contribution in [1.29, 1.82) is 0 Å². The number of nitrogens with one attached hydrogen (secondary N) is 1. The Balaban J connectivity index is 1.93. The van der Waals surface area contributed by atoms with Crippen LogP contribution in [-0.2, 0) is 20.9 Å². The van der Waals surface area contributed by atoms with E-state index >= 15 is 0 Å². The van der Waals surface area contributed by atoms with Gasteiger partial charge in [0, 0.05) is 5.52 Å². The molecule has 0 aliphatic carbocycles. The number of hydrogen-bond acceptors (Lipinski definition) is 3. The SMILES string of the molecule is C/C=C(/C=O)[C@@H](CC)CC(=O)OCc1cc2ccccc2[nH]1. The fraction of sp³-hybridized carbons (Fsp3) is 0.333. The number of carbonyl (C=O) groups is 2. The van der Waals surface area contributed by atoms with Crippen molar-refractivity contribution < 1.29 is 14.3 Å². The topological polar surface area (TPSA) is 59.2 Å². The number of H-pyrrole nitrogens is 1. The van der Waals surface area contributed by atoms with Crippen molar-refractivity contribution in [2.45, 2.75) is 33.3 Å². The van der Waals surface area contributed by atoms with E-state index in [9.17, 15) is 9.59 Å². The maximum absolute atomic E-state index is 12.0. The van der Waals surface area contributed by atoms with E-state index in [1.807, 2.05) is 44.2 Å². The van der Waals surface area contributed by atoms with Gasteiger partial charge in [-0.3, -0.25) is 9.59 Å². The smallest absolute Gasteiger partial charge is 0.306 e. The molecule has 0 unspecified atom stereocenters. The van der Waals surface area contributed by atoms with Crippen LogP contribution in [0.15, 0.2) is 42.0 Å². The summed E-state index contributed by atoms with van der Waals surface area (Å²) in [5.41, 5.74) is 2.55. The third kappa shape index (κ3) is 3.85. The highest BCUT2D eigenvalue weighted by atomic mass is 16.5. The Bertz CT molecular complexity index is 651. The van der Waals surface area contributed by atoms with Gasteiger partial charge in [0.05, 0.1) is 12.1 Å². The quantitative estimate of drug-likeness (QED) is 0.481. The average Bonchev–Trinajstić information content (AvgIpc) is 2.96. The van der Waals surface area contributed by atoms with Gasteiger partial charge in [-0.1, -0.05) is 31.2 Å². The molecule has 1 heterocycles. The van der Waals surface area contributed by atoms with E-state index in [2.05, 4.69) is 4.98 Å². The predicted octanol–water partition coefficient (Wildman–Crippen LogP) is 3.77. The Kier molecular flexibility index (Phi) is 5.53. The average molecular weight is 299 g/mol. The van der Waals surface area contributed by atoms with E-state index < -0.39 is 0 Å². The molecular formula is C18H21NO3. The monoisotopic (exact) mass is 299 g/mol. The molecule has 1 atom stereocenters. The fourth-order valence-electron chi connectivity index (χ4n) is 2.53. The van der Waals surface area contributed by atoms with Crippen LogP contribution in [0.25, 0.3) is 10.9 Å². The fourth-order valence-corrected chi connectivity index (χ4v) is 2.53. The van der Waals surface area contributed by atoms with Crippen molar-refractivity contribution in [3.63, 3.8) is 0 Å². The maximum atomic E-state index is 12.0. The van der Waals surface area contributed by atoms with E-state index in [4.69, 9.17) is 4.74 Å². The summed E-state index contributed by atoms with van der Waals surface area (Å²) in [5.74, 6) is -0.357. The number of allylic oxidation sites excluding steroid dienone is 2. The lowest BCUT2D eigenvalue weighted by Gasteiger charge is -2.13. The summed E-state index contributed by atoms with van der Waals surface area (Å²) in [6.07, 6.45) is 3.54. The molecule has 0 amide bonds. The molecule has 2 rings (SSSR count). The third-order valence-electron chi connectivity index (χ3n) is 3.82. The van der Waals surface area contributed by atoms with Gasteiger partial charge in [-0.15, -0.1) is 0 Å². The van der Waals surface area contributed by atoms with Crippen LogP contribution < -0.4 is 0 Å². The zero-order valence-electron chi connectivity index (χ0n) is 13.0. The Morgan fingerprint density at radius 2 is 2.14 bits per heavy atom. The van der Waals surface area contributed by atoms with Crippen molar-refractivity contribution >= 4 is 23.2 Å². The highest BCUT2D eigenvalue weighted by Crippen LogP contribution is 2.19. The van der Waals surface area contributed by atoms with Crippen LogP contribution >= 0.6 is 0 Å². The second-order valence-electron chi connectivity index (χ2n) is 5.26. The van der Waals surface area contributed by atoms with Crippen molar-refractivity contribution in [3.05, 3.63) is 47.7 Å². The van der Waals surface area contributed by atoms with Crippen molar-refractivity contribution in [3.8, 4) is 0 Å². The lowest BCUT2D eigenvalue weighted by Crippen LogP contribution is -2.14. The normalized spacial score (nSPS) is 13.1. The van der Waals surface area contributed by atoms with Crippen LogP contribution in [-0.4, -0.2) is 17.2 Å². The van der Waals surface area contributed by atoms with Crippen molar-refractivity contribution in [2.75, 3.05) is 0 Å². The van der Waals surface area contributed by atoms with E-state index in [1.54, 1.807) is 6.08 Å². The van der Waals surface area contributed by atoms with Crippen molar-refractivity contribution in [2.24, 2.45) is 5.92 Å². The standard InChI is InChI=1S/C18H21NO3/c1-3-13(14(4-2)11-20)10-18(21)22-12-16-9-15-7-5-6-8-17(15)19-16/h4-9,11,13,19H,3,10,12H2,1-2H3/b14-4-/t13-/m0/s1. The molecule has 0 aliphatic heterocycles. The molecule has 0 saturated heterocycles. The van der Waals surface area contributed by atoms with Gasteiger partial charge in [0.2, 0.25) is 0 Å². The third-order valence-corrected chi connectivity index (χ3v) is 3.82. The molecule has 116 valence electrons. The Morgan fingerprint density at radius 1 is 1.36 bits per heavy atom. The lowest BCUT2D eigenvalue weighted by molar-refractivity contribution is -0.145. The zero-order valence-corrected chi connectivity index (χ0v) is 13.0. The number of benzene rings is 1. The van der Waals surface area contributed by atoms with Crippen LogP contribution in [0.4, 0.5) is 0 Å². The lowest BCUT2D eigenvalue weighted by atomic mass is 9.94. The van der Waals surface area contributed by atoms with Gasteiger partial charge in [0.25, 0.3) is 0 Å². The van der Waals surface area contributed by atoms with Gasteiger partial charge in [0.1, 0.15) is 12.9 Å². The van der Waals surface area contributed by atoms with E-state index in [0.29, 0.717) is 5.57 Å². The number of fused-ring (bicyclic) bond motifs is 1. The number of para-hydroxylation sites is 1. The molecule has 0 saturated carbocycles. The molecule has 4 heteroatoms. The molecule has 0 bridgehead atoms. The molecule has 4 nitrogen and oxygen atoms in total. The van der Waals surface area contributed by atoms with Gasteiger partial charge in [0.15, 0.2) is 0 Å². The first kappa shape index (κ1) is 16.0. The van der Waals surface area contributed by atoms with Gasteiger partial charge in [-0.25, -0.2) is 0 Å². The Labute approximate surface area is 130 Å². The molecule has 0 fully saturated rings. The molecule has 2 aromatic rings. The predicted molar refractivity (Wildman–Crippen MR) is 86.3 cm³/mol. The number of esters is 1. The summed E-state index contributed by atoms with van der Waals surface area (Å²) < 4.78 is 5.32. The largest absolute Gasteiger partial charge is 0.459 e. The summed E-state index contributed by atoms with van der Waals surface area (Å²) in [4.78, 5) is 26.1. The van der Waals surface area contributed by atoms with Crippen LogP contribution in [0.1, 0.15) is 32.4 Å². The molecule has 1 aromatic carbocycles. The summed E-state index contributed by atoms with van der Waals surface area (Å²) in [5, 5.41) is 1.09. The Hall–Kier alpha value is -2.36. The minimum Gasteiger partial charge on any atom is -0.459 e. The first-order valence-corrected chi connectivity index (χ1v) is 7.51. The van der Waals surface area contributed by atoms with Gasteiger partial charge in [-0.05, 0) is 42.4 Å². The van der Waals surface area contributed by atoms with E-state index in [1.165, 1.54) is 0 Å². The van der Waals surface area contributed by atoms with E-state index in [-0.39, 0.29) is 24.9 Å². The molecular weight excluding hydrogens is 278 g/mol. The maximum Gasteiger partial charge on any atom is 0.306 e. The second kappa shape index (κ2) is 7.59. The molecule has 0 spiro atoms. The molecule has 22 heavy (non-hydrogen) atoms. The van der Waals surface area contributed by atoms with Crippen LogP contribution in [0.5, 0.6) is 0 Å². The number of hydrogen-bond donors (Lipinski definition) is 1. The minimum atomic E-state index is -0.285. The molecule has 1 N–H and O–H groups in total. The molecule has 0 aliphatic rings. The van der Waals surface area contributed by atoms with Crippen LogP contribution in [0, 0.1) is 5.92 Å². The number of aldehydes is 1. The number of aromatic amines is 1. The highest BCUT2D eigenvalue weighted by molar-refractivity contribution is 5.80.